The quantitative estimate of drug-likeness (QED) is 0.757. The highest BCUT2D eigenvalue weighted by Crippen LogP contribution is 2.32. The predicted molar refractivity (Wildman–Crippen MR) is 90.1 cm³/mol. The number of aromatic nitrogens is 4. The Hall–Kier alpha value is -2.36. The van der Waals surface area contributed by atoms with Gasteiger partial charge in [0, 0.05) is 17.6 Å². The molecule has 1 aromatic carbocycles. The highest BCUT2D eigenvalue weighted by atomic mass is 32.2. The maximum atomic E-state index is 13.3. The Morgan fingerprint density at radius 2 is 2.08 bits per heavy atom. The number of carbonyl (C=O) groups is 1. The summed E-state index contributed by atoms with van der Waals surface area (Å²) in [5.41, 5.74) is 0.477. The molecule has 2 aliphatic rings. The van der Waals surface area contributed by atoms with E-state index in [1.54, 1.807) is 17.0 Å². The van der Waals surface area contributed by atoms with Crippen molar-refractivity contribution >= 4 is 15.7 Å². The molecule has 0 radical (unpaired) electrons. The van der Waals surface area contributed by atoms with E-state index in [1.165, 1.54) is 16.9 Å². The van der Waals surface area contributed by atoms with Crippen molar-refractivity contribution in [3.8, 4) is 11.4 Å². The average Bonchev–Trinajstić information content (AvgIpc) is 3.18. The van der Waals surface area contributed by atoms with Gasteiger partial charge in [0.15, 0.2) is 9.84 Å². The zero-order valence-corrected chi connectivity index (χ0v) is 14.8. The van der Waals surface area contributed by atoms with E-state index >= 15 is 0 Å². The Bertz CT molecular complexity index is 941. The first-order chi connectivity index (χ1) is 12.4. The van der Waals surface area contributed by atoms with Crippen molar-refractivity contribution in [3.05, 3.63) is 30.1 Å². The Morgan fingerprint density at radius 3 is 2.73 bits per heavy atom. The molecular weight excluding hydrogens is 361 g/mol. The maximum Gasteiger partial charge on any atom is 0.246 e. The zero-order valence-electron chi connectivity index (χ0n) is 14.0. The average molecular weight is 379 g/mol. The zero-order chi connectivity index (χ0) is 18.3. The topological polar surface area (TPSA) is 98.1 Å². The van der Waals surface area contributed by atoms with Crippen LogP contribution >= 0.6 is 0 Å². The highest BCUT2D eigenvalue weighted by molar-refractivity contribution is 7.91. The minimum Gasteiger partial charge on any atom is -0.334 e. The van der Waals surface area contributed by atoms with Crippen LogP contribution in [0.1, 0.15) is 19.3 Å². The van der Waals surface area contributed by atoms with Crippen LogP contribution in [0, 0.1) is 5.82 Å². The Kier molecular flexibility index (Phi) is 4.22. The number of halogens is 1. The second-order valence-electron chi connectivity index (χ2n) is 6.74. The lowest BCUT2D eigenvalue weighted by atomic mass is 10.2. The fourth-order valence-electron chi connectivity index (χ4n) is 3.31. The van der Waals surface area contributed by atoms with Crippen molar-refractivity contribution in [2.45, 2.75) is 37.9 Å². The van der Waals surface area contributed by atoms with Crippen molar-refractivity contribution in [1.82, 2.24) is 25.1 Å². The molecule has 0 N–H and O–H groups in total. The van der Waals surface area contributed by atoms with E-state index in [2.05, 4.69) is 15.4 Å². The van der Waals surface area contributed by atoms with E-state index in [0.29, 0.717) is 12.0 Å². The van der Waals surface area contributed by atoms with E-state index in [9.17, 15) is 17.6 Å². The van der Waals surface area contributed by atoms with Gasteiger partial charge >= 0.3 is 0 Å². The maximum absolute atomic E-state index is 13.3. The van der Waals surface area contributed by atoms with E-state index in [1.807, 2.05) is 0 Å². The van der Waals surface area contributed by atoms with Crippen LogP contribution in [0.5, 0.6) is 0 Å². The van der Waals surface area contributed by atoms with Crippen LogP contribution < -0.4 is 0 Å². The number of nitrogens with zero attached hydrogens (tertiary/aromatic N) is 5. The van der Waals surface area contributed by atoms with Gasteiger partial charge in [0.25, 0.3) is 0 Å². The van der Waals surface area contributed by atoms with E-state index in [-0.39, 0.29) is 41.9 Å². The summed E-state index contributed by atoms with van der Waals surface area (Å²) < 4.78 is 36.8. The van der Waals surface area contributed by atoms with Crippen molar-refractivity contribution in [2.75, 3.05) is 11.5 Å². The lowest BCUT2D eigenvalue weighted by Crippen LogP contribution is -2.44. The third-order valence-corrected chi connectivity index (χ3v) is 6.39. The number of carbonyl (C=O) groups excluding carboxylic acids is 1. The largest absolute Gasteiger partial charge is 0.334 e. The molecule has 10 heteroatoms. The third kappa shape index (κ3) is 3.59. The molecule has 4 rings (SSSR count). The van der Waals surface area contributed by atoms with E-state index < -0.39 is 15.7 Å². The van der Waals surface area contributed by atoms with Gasteiger partial charge in [0.05, 0.1) is 11.5 Å². The van der Waals surface area contributed by atoms with E-state index in [4.69, 9.17) is 0 Å². The fraction of sp³-hybridized carbons (Fsp3) is 0.500. The Labute approximate surface area is 149 Å². The van der Waals surface area contributed by atoms with Gasteiger partial charge in [-0.3, -0.25) is 4.79 Å². The number of hydrogen-bond acceptors (Lipinski definition) is 6. The molecule has 138 valence electrons. The van der Waals surface area contributed by atoms with Crippen molar-refractivity contribution < 1.29 is 17.6 Å². The molecule has 2 heterocycles. The summed E-state index contributed by atoms with van der Waals surface area (Å²) >= 11 is 0. The normalized spacial score (nSPS) is 21.7. The van der Waals surface area contributed by atoms with Crippen molar-refractivity contribution in [1.29, 1.82) is 0 Å². The van der Waals surface area contributed by atoms with Gasteiger partial charge < -0.3 is 4.90 Å². The first-order valence-corrected chi connectivity index (χ1v) is 10.3. The van der Waals surface area contributed by atoms with Gasteiger partial charge in [-0.2, -0.15) is 4.80 Å². The summed E-state index contributed by atoms with van der Waals surface area (Å²) in [6.07, 6.45) is 2.26. The molecule has 0 unspecified atom stereocenters. The fourth-order valence-corrected chi connectivity index (χ4v) is 5.02. The molecule has 2 aromatic rings. The highest BCUT2D eigenvalue weighted by Gasteiger charge is 2.42. The molecule has 8 nitrogen and oxygen atoms in total. The number of tetrazole rings is 1. The molecule has 2 fully saturated rings. The summed E-state index contributed by atoms with van der Waals surface area (Å²) in [6, 6.07) is 5.65. The van der Waals surface area contributed by atoms with Crippen LogP contribution in [-0.2, 0) is 21.2 Å². The summed E-state index contributed by atoms with van der Waals surface area (Å²) in [5, 5.41) is 11.9. The summed E-state index contributed by atoms with van der Waals surface area (Å²) in [7, 11) is -3.07. The molecule has 1 aliphatic carbocycles. The van der Waals surface area contributed by atoms with Gasteiger partial charge in [-0.15, -0.1) is 10.2 Å². The number of hydrogen-bond donors (Lipinski definition) is 0. The van der Waals surface area contributed by atoms with Gasteiger partial charge in [-0.05, 0) is 36.6 Å². The number of sulfone groups is 1. The van der Waals surface area contributed by atoms with Crippen LogP contribution in [-0.4, -0.2) is 63.0 Å². The number of rotatable bonds is 5. The van der Waals surface area contributed by atoms with Gasteiger partial charge in [0.2, 0.25) is 11.7 Å². The third-order valence-electron chi connectivity index (χ3n) is 4.64. The minimum absolute atomic E-state index is 0.0224. The molecule has 1 saturated heterocycles. The van der Waals surface area contributed by atoms with Crippen LogP contribution in [0.25, 0.3) is 11.4 Å². The van der Waals surface area contributed by atoms with Crippen LogP contribution in [0.2, 0.25) is 0 Å². The molecule has 1 aromatic heterocycles. The number of amides is 1. The standard InChI is InChI=1S/C16H18FN5O3S/c17-12-3-1-2-11(8-12)16-18-20-21(19-16)9-15(23)22(13-4-5-13)14-6-7-26(24,25)10-14/h1-3,8,13-14H,4-7,9-10H2/t14-/m0/s1. The molecule has 1 saturated carbocycles. The van der Waals surface area contributed by atoms with Crippen LogP contribution in [0.4, 0.5) is 4.39 Å². The smallest absolute Gasteiger partial charge is 0.246 e. The second-order valence-corrected chi connectivity index (χ2v) is 8.97. The molecule has 1 amide bonds. The Morgan fingerprint density at radius 1 is 1.27 bits per heavy atom. The molecular formula is C16H18FN5O3S. The second kappa shape index (κ2) is 6.42. The van der Waals surface area contributed by atoms with Crippen molar-refractivity contribution in [3.63, 3.8) is 0 Å². The first kappa shape index (κ1) is 17.1. The monoisotopic (exact) mass is 379 g/mol. The molecule has 26 heavy (non-hydrogen) atoms. The molecule has 1 aliphatic heterocycles. The van der Waals surface area contributed by atoms with Crippen LogP contribution in [0.3, 0.4) is 0 Å². The minimum atomic E-state index is -3.07. The van der Waals surface area contributed by atoms with Crippen molar-refractivity contribution in [2.24, 2.45) is 0 Å². The molecule has 0 spiro atoms. The first-order valence-electron chi connectivity index (χ1n) is 8.47. The molecule has 1 atom stereocenters. The van der Waals surface area contributed by atoms with E-state index in [0.717, 1.165) is 12.8 Å². The SMILES string of the molecule is O=C(Cn1nnc(-c2cccc(F)c2)n1)N(C1CC1)[C@H]1CCS(=O)(=O)C1. The lowest BCUT2D eigenvalue weighted by molar-refractivity contribution is -0.134. The summed E-state index contributed by atoms with van der Waals surface area (Å²) in [5.74, 6) is -0.234. The van der Waals surface area contributed by atoms with Gasteiger partial charge in [0.1, 0.15) is 12.4 Å². The van der Waals surface area contributed by atoms with Gasteiger partial charge in [-0.25, -0.2) is 12.8 Å². The van der Waals surface area contributed by atoms with Crippen LogP contribution in [0.15, 0.2) is 24.3 Å². The lowest BCUT2D eigenvalue weighted by Gasteiger charge is -2.28. The summed E-state index contributed by atoms with van der Waals surface area (Å²) in [4.78, 5) is 15.6. The predicted octanol–water partition coefficient (Wildman–Crippen LogP) is 0.657. The number of benzene rings is 1. The summed E-state index contributed by atoms with van der Waals surface area (Å²) in [6.45, 7) is -0.116. The Balaban J connectivity index is 1.49. The van der Waals surface area contributed by atoms with Gasteiger partial charge in [-0.1, -0.05) is 12.1 Å². The molecule has 0 bridgehead atoms.